The van der Waals surface area contributed by atoms with Crippen molar-refractivity contribution in [1.82, 2.24) is 20.9 Å². The highest BCUT2D eigenvalue weighted by atomic mass is 35.5. The number of thiophene rings is 1. The Labute approximate surface area is 378 Å². The molecule has 6 rings (SSSR count). The molecule has 1 fully saturated rings. The number of carbonyl (C=O) groups is 8. The number of benzene rings is 3. The van der Waals surface area contributed by atoms with Crippen molar-refractivity contribution < 1.29 is 47.8 Å². The molecule has 336 valence electrons. The Hall–Kier alpha value is -6.47. The maximum Gasteiger partial charge on any atom is 0.264 e. The molecule has 2 atom stereocenters. The summed E-state index contributed by atoms with van der Waals surface area (Å²) in [6.07, 6.45) is 0.848. The Kier molecular flexibility index (Phi) is 17.1. The Morgan fingerprint density at radius 3 is 2.23 bits per heavy atom. The number of fused-ring (bicyclic) bond motifs is 1. The summed E-state index contributed by atoms with van der Waals surface area (Å²) in [5, 5.41) is 15.6. The van der Waals surface area contributed by atoms with E-state index in [-0.39, 0.29) is 99.9 Å². The van der Waals surface area contributed by atoms with E-state index in [1.54, 1.807) is 42.5 Å². The zero-order valence-corrected chi connectivity index (χ0v) is 36.3. The van der Waals surface area contributed by atoms with Crippen LogP contribution in [0.3, 0.4) is 0 Å². The molecule has 0 radical (unpaired) electrons. The lowest BCUT2D eigenvalue weighted by Gasteiger charge is -2.30. The summed E-state index contributed by atoms with van der Waals surface area (Å²) in [7, 11) is 0. The number of rotatable bonds is 23. The predicted octanol–water partition coefficient (Wildman–Crippen LogP) is 3.80. The normalized spacial score (nSPS) is 15.0. The van der Waals surface area contributed by atoms with E-state index in [0.29, 0.717) is 34.9 Å². The molecule has 8 amide bonds. The smallest absolute Gasteiger partial charge is 0.264 e. The van der Waals surface area contributed by atoms with Crippen LogP contribution in [0.2, 0.25) is 0 Å². The quantitative estimate of drug-likeness (QED) is 0.0409. The first-order chi connectivity index (χ1) is 31.0. The van der Waals surface area contributed by atoms with E-state index in [1.165, 1.54) is 22.3 Å². The molecule has 0 spiro atoms. The van der Waals surface area contributed by atoms with Crippen LogP contribution in [-0.4, -0.2) is 110 Å². The van der Waals surface area contributed by atoms with Crippen LogP contribution in [0.1, 0.15) is 62.9 Å². The van der Waals surface area contributed by atoms with Crippen LogP contribution in [0, 0.1) is 0 Å². The largest absolute Gasteiger partial charge is 0.382 e. The molecular formula is C45H48ClN7O10S. The molecule has 0 aliphatic carbocycles. The van der Waals surface area contributed by atoms with Gasteiger partial charge in [0.1, 0.15) is 18.0 Å². The van der Waals surface area contributed by atoms with Gasteiger partial charge in [0.05, 0.1) is 44.0 Å². The van der Waals surface area contributed by atoms with Crippen molar-refractivity contribution in [3.8, 4) is 0 Å². The molecule has 2 aliphatic rings. The van der Waals surface area contributed by atoms with Gasteiger partial charge in [-0.3, -0.25) is 53.5 Å². The number of carbonyl (C=O) groups excluding carboxylic acids is 8. The lowest BCUT2D eigenvalue weighted by atomic mass is 10.0. The number of imide groups is 2. The second-order valence-electron chi connectivity index (χ2n) is 14.6. The van der Waals surface area contributed by atoms with Crippen molar-refractivity contribution in [3.05, 3.63) is 112 Å². The third kappa shape index (κ3) is 12.4. The van der Waals surface area contributed by atoms with E-state index < -0.39 is 41.6 Å². The van der Waals surface area contributed by atoms with Crippen LogP contribution in [0.25, 0.3) is 0 Å². The Bertz CT molecular complexity index is 2310. The Morgan fingerprint density at radius 1 is 0.797 bits per heavy atom. The number of ether oxygens (including phenoxy) is 2. The van der Waals surface area contributed by atoms with Crippen LogP contribution in [0.15, 0.2) is 90.3 Å². The maximum atomic E-state index is 13.6. The molecule has 0 bridgehead atoms. The number of halogens is 1. The first-order valence-corrected chi connectivity index (χ1v) is 22.1. The molecule has 3 aromatic carbocycles. The van der Waals surface area contributed by atoms with Crippen molar-refractivity contribution in [3.63, 3.8) is 0 Å². The van der Waals surface area contributed by atoms with E-state index in [1.807, 2.05) is 41.8 Å². The first kappa shape index (κ1) is 47.0. The lowest BCUT2D eigenvalue weighted by Crippen LogP contribution is -2.54. The second-order valence-corrected chi connectivity index (χ2v) is 15.9. The third-order valence-corrected chi connectivity index (χ3v) is 11.4. The lowest BCUT2D eigenvalue weighted by molar-refractivity contribution is -0.136. The highest BCUT2D eigenvalue weighted by Gasteiger charge is 2.45. The van der Waals surface area contributed by atoms with Crippen LogP contribution in [0.5, 0.6) is 0 Å². The van der Waals surface area contributed by atoms with Crippen molar-refractivity contribution in [2.45, 2.75) is 44.2 Å². The van der Waals surface area contributed by atoms with Gasteiger partial charge in [0.15, 0.2) is 0 Å². The van der Waals surface area contributed by atoms with Gasteiger partial charge in [-0.25, -0.2) is 0 Å². The number of nitrogens with one attached hydrogen (secondary N) is 5. The maximum absolute atomic E-state index is 13.6. The summed E-state index contributed by atoms with van der Waals surface area (Å²) in [6.45, 7) is 1.48. The fourth-order valence-corrected chi connectivity index (χ4v) is 8.07. The Balaban J connectivity index is 0.856. The minimum absolute atomic E-state index is 0.0279. The molecule has 1 saturated heterocycles. The summed E-state index contributed by atoms with van der Waals surface area (Å²) in [6, 6.07) is 22.7. The van der Waals surface area contributed by atoms with Gasteiger partial charge < -0.3 is 30.7 Å². The minimum Gasteiger partial charge on any atom is -0.382 e. The topological polar surface area (TPSA) is 222 Å². The SMILES string of the molecule is O=C(CCOCCNc1cccc2c1C(=O)N(C1CCC(=O)NC1=O)C2=O)NCCOCCC(=O)Nc1ccc(N(C(=O)CCl)C(C(=O)NCCc2ccccc2)c2cccs2)cc1. The molecule has 0 saturated carbocycles. The highest BCUT2D eigenvalue weighted by molar-refractivity contribution is 7.10. The number of anilines is 3. The molecule has 2 aliphatic heterocycles. The standard InChI is InChI=1S/C45H48ClN7O10S/c46-28-39(57)52(41(35-10-5-27-64-35)43(59)49-20-17-29-6-2-1-3-7-29)31-13-11-30(12-14-31)50-38(56)19-24-63-26-22-48-36(54)18-23-62-25-21-47-33-9-4-8-32-40(33)45(61)53(44(32)60)34-15-16-37(55)51-42(34)58/h1-14,27,34,41,47H,15-26,28H2,(H,48,54)(H,49,59)(H,50,56)(H,51,55,58). The van der Waals surface area contributed by atoms with E-state index in [2.05, 4.69) is 26.6 Å². The summed E-state index contributed by atoms with van der Waals surface area (Å²) in [4.78, 5) is 105. The van der Waals surface area contributed by atoms with Gasteiger partial charge in [0, 0.05) is 54.4 Å². The molecule has 3 heterocycles. The van der Waals surface area contributed by atoms with Gasteiger partial charge in [0.25, 0.3) is 11.8 Å². The third-order valence-electron chi connectivity index (χ3n) is 10.2. The van der Waals surface area contributed by atoms with Crippen LogP contribution in [-0.2, 0) is 44.7 Å². The van der Waals surface area contributed by atoms with Crippen molar-refractivity contribution in [2.75, 3.05) is 67.5 Å². The monoisotopic (exact) mass is 913 g/mol. The van der Waals surface area contributed by atoms with Gasteiger partial charge >= 0.3 is 0 Å². The van der Waals surface area contributed by atoms with Crippen molar-refractivity contribution in [2.24, 2.45) is 0 Å². The number of nitrogens with zero attached hydrogens (tertiary/aromatic N) is 2. The summed E-state index contributed by atoms with van der Waals surface area (Å²) < 4.78 is 11.1. The fraction of sp³-hybridized carbons (Fsp3) is 0.333. The first-order valence-electron chi connectivity index (χ1n) is 20.7. The van der Waals surface area contributed by atoms with E-state index in [9.17, 15) is 38.4 Å². The van der Waals surface area contributed by atoms with Gasteiger partial charge in [-0.15, -0.1) is 22.9 Å². The molecule has 17 nitrogen and oxygen atoms in total. The minimum atomic E-state index is -1.06. The molecule has 19 heteroatoms. The Morgan fingerprint density at radius 2 is 1.53 bits per heavy atom. The van der Waals surface area contributed by atoms with Gasteiger partial charge in [-0.05, 0) is 66.2 Å². The zero-order chi connectivity index (χ0) is 45.4. The number of hydrogen-bond acceptors (Lipinski definition) is 12. The van der Waals surface area contributed by atoms with Gasteiger partial charge in [-0.1, -0.05) is 42.5 Å². The summed E-state index contributed by atoms with van der Waals surface area (Å²) in [5.74, 6) is -4.06. The average molecular weight is 914 g/mol. The van der Waals surface area contributed by atoms with Crippen LogP contribution in [0.4, 0.5) is 17.1 Å². The fourth-order valence-electron chi connectivity index (χ4n) is 7.13. The van der Waals surface area contributed by atoms with E-state index in [4.69, 9.17) is 21.1 Å². The van der Waals surface area contributed by atoms with Gasteiger partial charge in [-0.2, -0.15) is 0 Å². The predicted molar refractivity (Wildman–Crippen MR) is 239 cm³/mol. The number of amides is 8. The molecule has 2 unspecified atom stereocenters. The highest BCUT2D eigenvalue weighted by Crippen LogP contribution is 2.33. The number of alkyl halides is 1. The number of hydrogen-bond donors (Lipinski definition) is 5. The van der Waals surface area contributed by atoms with E-state index in [0.717, 1.165) is 10.5 Å². The summed E-state index contributed by atoms with van der Waals surface area (Å²) in [5.41, 5.74) is 2.69. The summed E-state index contributed by atoms with van der Waals surface area (Å²) >= 11 is 7.39. The van der Waals surface area contributed by atoms with Crippen LogP contribution >= 0.6 is 22.9 Å². The average Bonchev–Trinajstić information content (AvgIpc) is 3.91. The molecule has 64 heavy (non-hydrogen) atoms. The molecule has 5 N–H and O–H groups in total. The van der Waals surface area contributed by atoms with Gasteiger partial charge in [0.2, 0.25) is 35.4 Å². The molecule has 4 aromatic rings. The molecular weight excluding hydrogens is 866 g/mol. The van der Waals surface area contributed by atoms with Crippen molar-refractivity contribution in [1.29, 1.82) is 0 Å². The van der Waals surface area contributed by atoms with Crippen LogP contribution < -0.4 is 31.5 Å². The van der Waals surface area contributed by atoms with E-state index >= 15 is 0 Å². The number of piperidine rings is 1. The van der Waals surface area contributed by atoms with Crippen molar-refractivity contribution >= 4 is 87.3 Å². The zero-order valence-electron chi connectivity index (χ0n) is 34.8. The molecule has 1 aromatic heterocycles. The second kappa shape index (κ2) is 23.3.